The van der Waals surface area contributed by atoms with Crippen molar-refractivity contribution in [2.75, 3.05) is 0 Å². The van der Waals surface area contributed by atoms with E-state index in [0.29, 0.717) is 12.8 Å². The Labute approximate surface area is 196 Å². The molecule has 0 heterocycles. The zero-order valence-corrected chi connectivity index (χ0v) is 19.9. The van der Waals surface area contributed by atoms with E-state index in [0.717, 1.165) is 17.5 Å². The van der Waals surface area contributed by atoms with Gasteiger partial charge in [0.25, 0.3) is 0 Å². The second kappa shape index (κ2) is 12.8. The van der Waals surface area contributed by atoms with Crippen LogP contribution in [0.2, 0.25) is 0 Å². The van der Waals surface area contributed by atoms with Gasteiger partial charge in [-0.1, -0.05) is 80.4 Å². The number of esters is 3. The summed E-state index contributed by atoms with van der Waals surface area (Å²) in [5, 5.41) is 0. The minimum Gasteiger partial charge on any atom is -0.461 e. The molecule has 6 heteroatoms. The second-order valence-corrected chi connectivity index (χ2v) is 8.95. The number of benzene rings is 2. The van der Waals surface area contributed by atoms with Crippen molar-refractivity contribution in [3.05, 3.63) is 71.8 Å². The van der Waals surface area contributed by atoms with Crippen molar-refractivity contribution < 1.29 is 28.6 Å². The van der Waals surface area contributed by atoms with Crippen LogP contribution in [0, 0.1) is 11.8 Å². The van der Waals surface area contributed by atoms with Crippen LogP contribution >= 0.6 is 0 Å². The number of hydrogen-bond acceptors (Lipinski definition) is 6. The highest BCUT2D eigenvalue weighted by molar-refractivity contribution is 5.99. The van der Waals surface area contributed by atoms with Crippen molar-refractivity contribution >= 4 is 17.9 Å². The molecule has 178 valence electrons. The predicted octanol–water partition coefficient (Wildman–Crippen LogP) is 5.24. The van der Waals surface area contributed by atoms with Gasteiger partial charge in [0.1, 0.15) is 18.8 Å². The smallest absolute Gasteiger partial charge is 0.321 e. The highest BCUT2D eigenvalue weighted by Crippen LogP contribution is 2.26. The molecule has 0 aliphatic carbocycles. The molecular weight excluding hydrogens is 420 g/mol. The van der Waals surface area contributed by atoms with E-state index in [9.17, 15) is 14.4 Å². The molecule has 33 heavy (non-hydrogen) atoms. The molecule has 0 aliphatic heterocycles. The molecule has 2 rings (SSSR count). The molecule has 2 aromatic rings. The van der Waals surface area contributed by atoms with Gasteiger partial charge in [-0.3, -0.25) is 14.4 Å². The normalized spacial score (nSPS) is 13.0. The fraction of sp³-hybridized carbons (Fsp3) is 0.444. The van der Waals surface area contributed by atoms with Crippen LogP contribution in [0.3, 0.4) is 0 Å². The number of carbonyl (C=O) groups is 3. The maximum atomic E-state index is 13.1. The van der Waals surface area contributed by atoms with Crippen LogP contribution in [0.5, 0.6) is 0 Å². The van der Waals surface area contributed by atoms with E-state index in [1.54, 1.807) is 20.8 Å². The van der Waals surface area contributed by atoms with Crippen LogP contribution in [0.1, 0.15) is 58.1 Å². The maximum Gasteiger partial charge on any atom is 0.321 e. The number of rotatable bonds is 11. The van der Waals surface area contributed by atoms with Crippen LogP contribution < -0.4 is 0 Å². The number of unbranched alkanes of at least 4 members (excludes halogenated alkanes) is 1. The van der Waals surface area contributed by atoms with E-state index in [1.807, 2.05) is 67.6 Å². The second-order valence-electron chi connectivity index (χ2n) is 8.95. The lowest BCUT2D eigenvalue weighted by Crippen LogP contribution is -2.41. The maximum absolute atomic E-state index is 13.1. The topological polar surface area (TPSA) is 78.9 Å². The molecule has 0 aliphatic rings. The van der Waals surface area contributed by atoms with E-state index in [2.05, 4.69) is 0 Å². The van der Waals surface area contributed by atoms with E-state index >= 15 is 0 Å². The summed E-state index contributed by atoms with van der Waals surface area (Å²) in [7, 11) is 0. The quantitative estimate of drug-likeness (QED) is 0.263. The molecule has 0 N–H and O–H groups in total. The molecule has 2 unspecified atom stereocenters. The Morgan fingerprint density at radius 1 is 0.758 bits per heavy atom. The Bertz CT molecular complexity index is 886. The van der Waals surface area contributed by atoms with E-state index < -0.39 is 35.3 Å². The molecule has 0 aromatic heterocycles. The Hall–Kier alpha value is -3.15. The van der Waals surface area contributed by atoms with Crippen molar-refractivity contribution in [2.45, 2.75) is 65.8 Å². The molecule has 2 aromatic carbocycles. The molecule has 0 saturated carbocycles. The lowest BCUT2D eigenvalue weighted by atomic mass is 9.87. The van der Waals surface area contributed by atoms with Crippen molar-refractivity contribution in [3.63, 3.8) is 0 Å². The number of ether oxygens (including phenoxy) is 3. The third-order valence-electron chi connectivity index (χ3n) is 4.94. The van der Waals surface area contributed by atoms with Gasteiger partial charge in [-0.15, -0.1) is 0 Å². The summed E-state index contributed by atoms with van der Waals surface area (Å²) in [6, 6.07) is 18.4. The Morgan fingerprint density at radius 2 is 1.24 bits per heavy atom. The first kappa shape index (κ1) is 26.1. The van der Waals surface area contributed by atoms with E-state index in [4.69, 9.17) is 14.2 Å². The standard InChI is InChI=1S/C27H34O6/c1-5-6-17-22(24(28)31-18-20-13-9-7-10-14-20)23(26(30)33-27(2,3)4)25(29)32-19-21-15-11-8-12-16-21/h7-16,22-23H,5-6,17-19H2,1-4H3. The summed E-state index contributed by atoms with van der Waals surface area (Å²) >= 11 is 0. The summed E-state index contributed by atoms with van der Waals surface area (Å²) in [6.07, 6.45) is 1.76. The molecule has 0 bridgehead atoms. The summed E-state index contributed by atoms with van der Waals surface area (Å²) in [6.45, 7) is 7.17. The van der Waals surface area contributed by atoms with Crippen LogP contribution in [0.25, 0.3) is 0 Å². The molecule has 0 saturated heterocycles. The van der Waals surface area contributed by atoms with Crippen molar-refractivity contribution in [3.8, 4) is 0 Å². The first-order valence-corrected chi connectivity index (χ1v) is 11.3. The average molecular weight is 455 g/mol. The monoisotopic (exact) mass is 454 g/mol. The van der Waals surface area contributed by atoms with Crippen LogP contribution in [-0.4, -0.2) is 23.5 Å². The first-order chi connectivity index (χ1) is 15.7. The van der Waals surface area contributed by atoms with E-state index in [1.165, 1.54) is 0 Å². The Balaban J connectivity index is 2.23. The van der Waals surface area contributed by atoms with Crippen LogP contribution in [-0.2, 0) is 41.8 Å². The highest BCUT2D eigenvalue weighted by atomic mass is 16.6. The van der Waals surface area contributed by atoms with E-state index in [-0.39, 0.29) is 13.2 Å². The van der Waals surface area contributed by atoms with Gasteiger partial charge < -0.3 is 14.2 Å². The zero-order chi connectivity index (χ0) is 24.3. The largest absolute Gasteiger partial charge is 0.461 e. The van der Waals surface area contributed by atoms with Crippen LogP contribution in [0.15, 0.2) is 60.7 Å². The third-order valence-corrected chi connectivity index (χ3v) is 4.94. The Morgan fingerprint density at radius 3 is 1.70 bits per heavy atom. The zero-order valence-electron chi connectivity index (χ0n) is 19.9. The molecule has 0 spiro atoms. The molecule has 6 nitrogen and oxygen atoms in total. The first-order valence-electron chi connectivity index (χ1n) is 11.3. The van der Waals surface area contributed by atoms with Gasteiger partial charge in [0.05, 0.1) is 5.92 Å². The lowest BCUT2D eigenvalue weighted by molar-refractivity contribution is -0.178. The molecule has 0 amide bonds. The van der Waals surface area contributed by atoms with Crippen LogP contribution in [0.4, 0.5) is 0 Å². The minimum absolute atomic E-state index is 0.00146. The summed E-state index contributed by atoms with van der Waals surface area (Å²) < 4.78 is 16.5. The van der Waals surface area contributed by atoms with Gasteiger partial charge in [0, 0.05) is 0 Å². The van der Waals surface area contributed by atoms with Gasteiger partial charge in [-0.25, -0.2) is 0 Å². The average Bonchev–Trinajstić information content (AvgIpc) is 2.78. The van der Waals surface area contributed by atoms with Gasteiger partial charge >= 0.3 is 17.9 Å². The predicted molar refractivity (Wildman–Crippen MR) is 125 cm³/mol. The number of hydrogen-bond donors (Lipinski definition) is 0. The molecule has 0 fully saturated rings. The van der Waals surface area contributed by atoms with Crippen molar-refractivity contribution in [1.29, 1.82) is 0 Å². The summed E-state index contributed by atoms with van der Waals surface area (Å²) in [4.78, 5) is 39.2. The van der Waals surface area contributed by atoms with Gasteiger partial charge in [-0.2, -0.15) is 0 Å². The van der Waals surface area contributed by atoms with Gasteiger partial charge in [0.2, 0.25) is 0 Å². The minimum atomic E-state index is -1.40. The Kier molecular flexibility index (Phi) is 10.1. The molecular formula is C27H34O6. The lowest BCUT2D eigenvalue weighted by Gasteiger charge is -2.27. The van der Waals surface area contributed by atoms with Gasteiger partial charge in [0.15, 0.2) is 5.92 Å². The van der Waals surface area contributed by atoms with Crippen molar-refractivity contribution in [2.24, 2.45) is 11.8 Å². The molecule has 0 radical (unpaired) electrons. The molecule has 2 atom stereocenters. The summed E-state index contributed by atoms with van der Waals surface area (Å²) in [5.74, 6) is -4.57. The van der Waals surface area contributed by atoms with Crippen molar-refractivity contribution in [1.82, 2.24) is 0 Å². The SMILES string of the molecule is CCCCC(C(=O)OCc1ccccc1)C(C(=O)OCc1ccccc1)C(=O)OC(C)(C)C. The third kappa shape index (κ3) is 9.08. The summed E-state index contributed by atoms with van der Waals surface area (Å²) in [5.41, 5.74) is 0.782. The van der Waals surface area contributed by atoms with Gasteiger partial charge in [-0.05, 0) is 38.3 Å². The fourth-order valence-electron chi connectivity index (χ4n) is 3.29. The number of carbonyl (C=O) groups excluding carboxylic acids is 3. The fourth-order valence-corrected chi connectivity index (χ4v) is 3.29. The highest BCUT2D eigenvalue weighted by Gasteiger charge is 2.43.